The first-order valence-corrected chi connectivity index (χ1v) is 15.8. The second kappa shape index (κ2) is 9.38. The number of esters is 1. The fourth-order valence-electron chi connectivity index (χ4n) is 11.3. The van der Waals surface area contributed by atoms with Gasteiger partial charge in [-0.3, -0.25) is 4.79 Å². The summed E-state index contributed by atoms with van der Waals surface area (Å²) in [6.45, 7) is 23.3. The van der Waals surface area contributed by atoms with E-state index in [0.717, 1.165) is 37.7 Å². The number of carbonyl (C=O) groups is 1. The molecule has 1 aliphatic heterocycles. The van der Waals surface area contributed by atoms with E-state index >= 15 is 0 Å². The van der Waals surface area contributed by atoms with Crippen LogP contribution in [0.25, 0.3) is 0 Å². The maximum absolute atomic E-state index is 12.7. The predicted molar refractivity (Wildman–Crippen MR) is 151 cm³/mol. The Morgan fingerprint density at radius 1 is 0.973 bits per heavy atom. The van der Waals surface area contributed by atoms with E-state index < -0.39 is 0 Å². The van der Waals surface area contributed by atoms with Gasteiger partial charge in [-0.15, -0.1) is 0 Å². The normalized spacial score (nSPS) is 47.9. The molecule has 0 spiro atoms. The number of ether oxygens (including phenoxy) is 2. The van der Waals surface area contributed by atoms with Gasteiger partial charge in [0.2, 0.25) is 0 Å². The largest absolute Gasteiger partial charge is 0.466 e. The highest BCUT2D eigenvalue weighted by Crippen LogP contribution is 2.76. The molecule has 210 valence electrons. The summed E-state index contributed by atoms with van der Waals surface area (Å²) in [4.78, 5) is 12.7. The SMILES string of the molecule is C=C(C)[C@@H]1CC[C@]2(C)[C@H](CC[C@@H]3[C@H]4[C@H]5OC[C@@]4(CCC5(C)C)CC[C@]32C)[C@@]1(C)CCC(=O)OCCCC. The molecule has 0 amide bonds. The molecule has 5 aliphatic rings. The molecule has 0 aromatic heterocycles. The van der Waals surface area contributed by atoms with Crippen LogP contribution in [0.1, 0.15) is 126 Å². The molecule has 4 saturated carbocycles. The summed E-state index contributed by atoms with van der Waals surface area (Å²) in [5.41, 5.74) is 2.79. The molecule has 5 fully saturated rings. The van der Waals surface area contributed by atoms with Crippen molar-refractivity contribution in [3.05, 3.63) is 12.2 Å². The van der Waals surface area contributed by atoms with Gasteiger partial charge in [0.15, 0.2) is 0 Å². The average Bonchev–Trinajstić information content (AvgIpc) is 3.17. The van der Waals surface area contributed by atoms with E-state index in [-0.39, 0.29) is 11.4 Å². The number of allylic oxidation sites excluding steroid dienone is 1. The lowest BCUT2D eigenvalue weighted by Gasteiger charge is -2.71. The maximum Gasteiger partial charge on any atom is 0.305 e. The van der Waals surface area contributed by atoms with E-state index in [4.69, 9.17) is 9.47 Å². The van der Waals surface area contributed by atoms with Crippen molar-refractivity contribution in [2.24, 2.45) is 50.7 Å². The van der Waals surface area contributed by atoms with Crippen LogP contribution in [0.3, 0.4) is 0 Å². The van der Waals surface area contributed by atoms with Crippen LogP contribution in [0.4, 0.5) is 0 Å². The lowest BCUT2D eigenvalue weighted by molar-refractivity contribution is -0.224. The van der Waals surface area contributed by atoms with Crippen molar-refractivity contribution in [2.45, 2.75) is 132 Å². The standard InChI is InChI=1S/C34H56O3/c1-9-10-21-36-27(35)14-15-31(6)24(23(2)3)13-16-33(8)26(31)12-11-25-28-29-30(4,5)17-19-34(28,22-37-29)20-18-32(25,33)7/h24-26,28-29H,2,9-22H2,1,3-8H3/t24-,25+,26+,28-,29+,31-,32+,33+,34+/m0/s1. The van der Waals surface area contributed by atoms with E-state index in [1.54, 1.807) is 0 Å². The average molecular weight is 513 g/mol. The zero-order chi connectivity index (χ0) is 26.9. The molecule has 5 rings (SSSR count). The molecule has 0 aromatic rings. The Labute approximate surface area is 227 Å². The molecule has 1 saturated heterocycles. The minimum absolute atomic E-state index is 0.0000775. The zero-order valence-electron chi connectivity index (χ0n) is 25.2. The monoisotopic (exact) mass is 512 g/mol. The van der Waals surface area contributed by atoms with Crippen LogP contribution in [0, 0.1) is 50.7 Å². The minimum Gasteiger partial charge on any atom is -0.466 e. The molecule has 9 atom stereocenters. The van der Waals surface area contributed by atoms with Gasteiger partial charge in [-0.2, -0.15) is 0 Å². The van der Waals surface area contributed by atoms with Crippen LogP contribution in [-0.4, -0.2) is 25.3 Å². The summed E-state index contributed by atoms with van der Waals surface area (Å²) in [6, 6.07) is 0. The molecule has 0 aromatic carbocycles. The van der Waals surface area contributed by atoms with Crippen LogP contribution in [0.5, 0.6) is 0 Å². The van der Waals surface area contributed by atoms with Crippen LogP contribution in [0.2, 0.25) is 0 Å². The third-order valence-electron chi connectivity index (χ3n) is 13.6. The van der Waals surface area contributed by atoms with Gasteiger partial charge < -0.3 is 9.47 Å². The summed E-state index contributed by atoms with van der Waals surface area (Å²) in [5, 5.41) is 0. The van der Waals surface area contributed by atoms with Crippen molar-refractivity contribution in [2.75, 3.05) is 13.2 Å². The zero-order valence-corrected chi connectivity index (χ0v) is 25.2. The second-order valence-corrected chi connectivity index (χ2v) is 15.7. The summed E-state index contributed by atoms with van der Waals surface area (Å²) in [6.07, 6.45) is 14.5. The highest BCUT2D eigenvalue weighted by molar-refractivity contribution is 5.69. The third-order valence-corrected chi connectivity index (χ3v) is 13.6. The second-order valence-electron chi connectivity index (χ2n) is 15.7. The molecular formula is C34H56O3. The van der Waals surface area contributed by atoms with Gasteiger partial charge in [0.25, 0.3) is 0 Å². The van der Waals surface area contributed by atoms with E-state index in [1.807, 2.05) is 0 Å². The highest BCUT2D eigenvalue weighted by Gasteiger charge is 2.71. The molecule has 37 heavy (non-hydrogen) atoms. The van der Waals surface area contributed by atoms with Gasteiger partial charge >= 0.3 is 5.97 Å². The smallest absolute Gasteiger partial charge is 0.305 e. The van der Waals surface area contributed by atoms with Crippen LogP contribution in [-0.2, 0) is 14.3 Å². The first-order valence-electron chi connectivity index (χ1n) is 15.8. The minimum atomic E-state index is 0.0000775. The Balaban J connectivity index is 1.44. The molecule has 0 N–H and O–H groups in total. The number of rotatable bonds is 7. The van der Waals surface area contributed by atoms with Crippen LogP contribution >= 0.6 is 0 Å². The molecule has 4 aliphatic carbocycles. The van der Waals surface area contributed by atoms with Crippen molar-refractivity contribution in [3.63, 3.8) is 0 Å². The molecule has 3 nitrogen and oxygen atoms in total. The van der Waals surface area contributed by atoms with E-state index in [0.29, 0.717) is 52.6 Å². The van der Waals surface area contributed by atoms with Gasteiger partial charge in [0, 0.05) is 6.42 Å². The van der Waals surface area contributed by atoms with Gasteiger partial charge in [-0.05, 0) is 122 Å². The molecule has 0 unspecified atom stereocenters. The summed E-state index contributed by atoms with van der Waals surface area (Å²) < 4.78 is 12.3. The first-order chi connectivity index (χ1) is 17.3. The van der Waals surface area contributed by atoms with E-state index in [1.165, 1.54) is 56.9 Å². The van der Waals surface area contributed by atoms with E-state index in [9.17, 15) is 4.79 Å². The van der Waals surface area contributed by atoms with Gasteiger partial charge in [-0.25, -0.2) is 0 Å². The maximum atomic E-state index is 12.7. The Morgan fingerprint density at radius 2 is 1.70 bits per heavy atom. The summed E-state index contributed by atoms with van der Waals surface area (Å²) in [5.74, 6) is 2.62. The van der Waals surface area contributed by atoms with Crippen LogP contribution in [0.15, 0.2) is 12.2 Å². The molecular weight excluding hydrogens is 456 g/mol. The van der Waals surface area contributed by atoms with Gasteiger partial charge in [-0.1, -0.05) is 60.1 Å². The van der Waals surface area contributed by atoms with Crippen molar-refractivity contribution in [1.29, 1.82) is 0 Å². The fourth-order valence-corrected chi connectivity index (χ4v) is 11.3. The number of carbonyl (C=O) groups excluding carboxylic acids is 1. The Hall–Kier alpha value is -0.830. The van der Waals surface area contributed by atoms with Gasteiger partial charge in [0.1, 0.15) is 0 Å². The highest BCUT2D eigenvalue weighted by atomic mass is 16.5. The number of hydrogen-bond acceptors (Lipinski definition) is 3. The van der Waals surface area contributed by atoms with E-state index in [2.05, 4.69) is 55.0 Å². The predicted octanol–water partition coefficient (Wildman–Crippen LogP) is 8.76. The Morgan fingerprint density at radius 3 is 2.41 bits per heavy atom. The summed E-state index contributed by atoms with van der Waals surface area (Å²) >= 11 is 0. The Bertz CT molecular complexity index is 907. The van der Waals surface area contributed by atoms with Gasteiger partial charge in [0.05, 0.1) is 19.3 Å². The topological polar surface area (TPSA) is 35.5 Å². The van der Waals surface area contributed by atoms with Crippen molar-refractivity contribution >= 4 is 5.97 Å². The number of unbranched alkanes of at least 4 members (excludes halogenated alkanes) is 1. The van der Waals surface area contributed by atoms with Crippen molar-refractivity contribution in [3.8, 4) is 0 Å². The first kappa shape index (κ1) is 27.7. The van der Waals surface area contributed by atoms with Crippen molar-refractivity contribution in [1.82, 2.24) is 0 Å². The van der Waals surface area contributed by atoms with Crippen LogP contribution < -0.4 is 0 Å². The van der Waals surface area contributed by atoms with Crippen molar-refractivity contribution < 1.29 is 14.3 Å². The third kappa shape index (κ3) is 4.02. The molecule has 0 radical (unpaired) electrons. The molecule has 1 heterocycles. The lowest BCUT2D eigenvalue weighted by atomic mass is 9.33. The lowest BCUT2D eigenvalue weighted by Crippen LogP contribution is -2.65. The molecule has 3 heteroatoms. The number of fused-ring (bicyclic) bond motifs is 3. The molecule has 2 bridgehead atoms. The summed E-state index contributed by atoms with van der Waals surface area (Å²) in [7, 11) is 0. The quantitative estimate of drug-likeness (QED) is 0.194. The Kier molecular flexibility index (Phi) is 7.03. The number of hydrogen-bond donors (Lipinski definition) is 0. The fraction of sp³-hybridized carbons (Fsp3) is 0.912.